The lowest BCUT2D eigenvalue weighted by molar-refractivity contribution is 0.0145. The smallest absolute Gasteiger partial charge is 0.207 e. The topological polar surface area (TPSA) is 44.5 Å². The Labute approximate surface area is 73.2 Å². The van der Waals surface area contributed by atoms with E-state index in [1.165, 1.54) is 0 Å². The maximum atomic E-state index is 5.04. The molecular weight excluding hydrogens is 210 g/mol. The van der Waals surface area contributed by atoms with Crippen molar-refractivity contribution in [2.24, 2.45) is 5.90 Å². The first-order valence-electron chi connectivity index (χ1n) is 3.03. The van der Waals surface area contributed by atoms with Gasteiger partial charge in [0.15, 0.2) is 0 Å². The van der Waals surface area contributed by atoms with Crippen LogP contribution in [0.2, 0.25) is 0 Å². The van der Waals surface area contributed by atoms with Gasteiger partial charge in [-0.15, -0.1) is 0 Å². The zero-order valence-electron chi connectivity index (χ0n) is 5.79. The highest BCUT2D eigenvalue weighted by atomic mass is 79.9. The predicted molar refractivity (Wildman–Crippen MR) is 44.9 cm³/mol. The molecule has 1 rings (SSSR count). The molecule has 0 aliphatic heterocycles. The van der Waals surface area contributed by atoms with E-state index in [1.807, 2.05) is 24.3 Å². The van der Waals surface area contributed by atoms with Crippen LogP contribution in [0.5, 0.6) is 5.75 Å². The number of ether oxygens (including phenoxy) is 1. The average Bonchev–Trinajstić information content (AvgIpc) is 2.04. The summed E-state index contributed by atoms with van der Waals surface area (Å²) >= 11 is 3.30. The summed E-state index contributed by atoms with van der Waals surface area (Å²) in [6.07, 6.45) is 0. The van der Waals surface area contributed by atoms with Crippen molar-refractivity contribution in [3.05, 3.63) is 28.7 Å². The third-order valence-corrected chi connectivity index (χ3v) is 1.64. The number of rotatable bonds is 3. The summed E-state index contributed by atoms with van der Waals surface area (Å²) < 4.78 is 6.05. The second-order valence-corrected chi connectivity index (χ2v) is 2.80. The minimum Gasteiger partial charge on any atom is -0.466 e. The molecule has 0 bridgehead atoms. The molecule has 2 N–H and O–H groups in total. The van der Waals surface area contributed by atoms with E-state index in [0.29, 0.717) is 0 Å². The van der Waals surface area contributed by atoms with Crippen LogP contribution in [0, 0.1) is 0 Å². The maximum absolute atomic E-state index is 5.04. The Morgan fingerprint density at radius 1 is 1.27 bits per heavy atom. The zero-order valence-corrected chi connectivity index (χ0v) is 7.37. The van der Waals surface area contributed by atoms with Gasteiger partial charge in [0, 0.05) is 4.47 Å². The van der Waals surface area contributed by atoms with Gasteiger partial charge in [0.05, 0.1) is 0 Å². The van der Waals surface area contributed by atoms with Crippen LogP contribution in [-0.2, 0) is 4.84 Å². The van der Waals surface area contributed by atoms with Crippen molar-refractivity contribution >= 4 is 15.9 Å². The Hall–Kier alpha value is -0.580. The molecule has 60 valence electrons. The first kappa shape index (κ1) is 8.52. The Morgan fingerprint density at radius 2 is 1.91 bits per heavy atom. The molecule has 1 aromatic carbocycles. The van der Waals surface area contributed by atoms with E-state index in [1.54, 1.807) is 0 Å². The summed E-state index contributed by atoms with van der Waals surface area (Å²) in [4.78, 5) is 4.24. The first-order valence-corrected chi connectivity index (χ1v) is 3.82. The molecule has 0 saturated heterocycles. The largest absolute Gasteiger partial charge is 0.466 e. The fraction of sp³-hybridized carbons (Fsp3) is 0.143. The molecule has 1 aromatic rings. The quantitative estimate of drug-likeness (QED) is 0.619. The maximum Gasteiger partial charge on any atom is 0.207 e. The minimum absolute atomic E-state index is 0.0711. The van der Waals surface area contributed by atoms with E-state index in [2.05, 4.69) is 20.8 Å². The van der Waals surface area contributed by atoms with Gasteiger partial charge in [-0.3, -0.25) is 4.84 Å². The average molecular weight is 218 g/mol. The van der Waals surface area contributed by atoms with Crippen molar-refractivity contribution in [3.63, 3.8) is 0 Å². The van der Waals surface area contributed by atoms with Crippen LogP contribution in [0.3, 0.4) is 0 Å². The van der Waals surface area contributed by atoms with Gasteiger partial charge in [-0.2, -0.15) is 0 Å². The zero-order chi connectivity index (χ0) is 8.10. The number of nitrogens with two attached hydrogens (primary N) is 1. The van der Waals surface area contributed by atoms with E-state index in [4.69, 9.17) is 10.6 Å². The Balaban J connectivity index is 2.52. The molecule has 0 aromatic heterocycles. The number of benzene rings is 1. The van der Waals surface area contributed by atoms with Crippen LogP contribution < -0.4 is 10.6 Å². The van der Waals surface area contributed by atoms with Crippen molar-refractivity contribution in [1.82, 2.24) is 0 Å². The van der Waals surface area contributed by atoms with Crippen LogP contribution >= 0.6 is 15.9 Å². The molecule has 0 spiro atoms. The van der Waals surface area contributed by atoms with Crippen LogP contribution in [0.1, 0.15) is 0 Å². The highest BCUT2D eigenvalue weighted by Crippen LogP contribution is 2.15. The van der Waals surface area contributed by atoms with Crippen molar-refractivity contribution < 1.29 is 9.57 Å². The second-order valence-electron chi connectivity index (χ2n) is 1.88. The summed E-state index contributed by atoms with van der Waals surface area (Å²) in [7, 11) is 0. The lowest BCUT2D eigenvalue weighted by atomic mass is 10.3. The Bertz CT molecular complexity index is 212. The van der Waals surface area contributed by atoms with E-state index in [9.17, 15) is 0 Å². The second kappa shape index (κ2) is 4.33. The monoisotopic (exact) mass is 217 g/mol. The van der Waals surface area contributed by atoms with Crippen LogP contribution in [0.25, 0.3) is 0 Å². The molecule has 0 amide bonds. The normalized spacial score (nSPS) is 9.64. The van der Waals surface area contributed by atoms with E-state index >= 15 is 0 Å². The lowest BCUT2D eigenvalue weighted by Gasteiger charge is -2.02. The highest BCUT2D eigenvalue weighted by Gasteiger charge is 1.90. The number of hydrogen-bond donors (Lipinski definition) is 1. The molecule has 0 atom stereocenters. The molecular formula is C7H8BrNO2. The Morgan fingerprint density at radius 3 is 2.45 bits per heavy atom. The van der Waals surface area contributed by atoms with E-state index < -0.39 is 0 Å². The molecule has 0 aliphatic carbocycles. The van der Waals surface area contributed by atoms with Crippen molar-refractivity contribution in [3.8, 4) is 5.75 Å². The SMILES string of the molecule is NOCOc1ccc(Br)cc1. The van der Waals surface area contributed by atoms with Crippen molar-refractivity contribution in [2.45, 2.75) is 0 Å². The lowest BCUT2D eigenvalue weighted by Crippen LogP contribution is -2.06. The van der Waals surface area contributed by atoms with E-state index in [0.717, 1.165) is 10.2 Å². The van der Waals surface area contributed by atoms with Crippen LogP contribution in [0.4, 0.5) is 0 Å². The molecule has 0 unspecified atom stereocenters. The predicted octanol–water partition coefficient (Wildman–Crippen LogP) is 1.68. The molecule has 4 heteroatoms. The fourth-order valence-corrected chi connectivity index (χ4v) is 0.897. The molecule has 0 radical (unpaired) electrons. The van der Waals surface area contributed by atoms with Gasteiger partial charge in [0.2, 0.25) is 6.79 Å². The molecule has 0 heterocycles. The Kier molecular flexibility index (Phi) is 3.35. The van der Waals surface area contributed by atoms with Gasteiger partial charge in [0.25, 0.3) is 0 Å². The van der Waals surface area contributed by atoms with Gasteiger partial charge in [0.1, 0.15) is 5.75 Å². The molecule has 0 saturated carbocycles. The minimum atomic E-state index is 0.0711. The highest BCUT2D eigenvalue weighted by molar-refractivity contribution is 9.10. The number of hydrogen-bond acceptors (Lipinski definition) is 3. The van der Waals surface area contributed by atoms with Crippen LogP contribution in [0.15, 0.2) is 28.7 Å². The molecule has 3 nitrogen and oxygen atoms in total. The standard InChI is InChI=1S/C7H8BrNO2/c8-6-1-3-7(4-2-6)10-5-11-9/h1-4H,5,9H2. The molecule has 11 heavy (non-hydrogen) atoms. The fourth-order valence-electron chi connectivity index (χ4n) is 0.633. The van der Waals surface area contributed by atoms with Crippen molar-refractivity contribution in [1.29, 1.82) is 0 Å². The van der Waals surface area contributed by atoms with Gasteiger partial charge >= 0.3 is 0 Å². The third kappa shape index (κ3) is 2.88. The first-order chi connectivity index (χ1) is 5.33. The molecule has 0 fully saturated rings. The van der Waals surface area contributed by atoms with Gasteiger partial charge in [-0.05, 0) is 24.3 Å². The third-order valence-electron chi connectivity index (χ3n) is 1.11. The molecule has 0 aliphatic rings. The summed E-state index contributed by atoms with van der Waals surface area (Å²) in [6, 6.07) is 7.41. The summed E-state index contributed by atoms with van der Waals surface area (Å²) in [5.74, 6) is 5.51. The van der Waals surface area contributed by atoms with E-state index in [-0.39, 0.29) is 6.79 Å². The van der Waals surface area contributed by atoms with Gasteiger partial charge in [-0.25, -0.2) is 5.90 Å². The summed E-state index contributed by atoms with van der Waals surface area (Å²) in [5, 5.41) is 0. The summed E-state index contributed by atoms with van der Waals surface area (Å²) in [5.41, 5.74) is 0. The van der Waals surface area contributed by atoms with Gasteiger partial charge in [-0.1, -0.05) is 15.9 Å². The summed E-state index contributed by atoms with van der Waals surface area (Å²) in [6.45, 7) is 0.0711. The number of halogens is 1. The van der Waals surface area contributed by atoms with Gasteiger partial charge < -0.3 is 4.74 Å². The van der Waals surface area contributed by atoms with Crippen LogP contribution in [-0.4, -0.2) is 6.79 Å². The van der Waals surface area contributed by atoms with Crippen molar-refractivity contribution in [2.75, 3.05) is 6.79 Å².